The van der Waals surface area contributed by atoms with E-state index in [4.69, 9.17) is 4.74 Å². The van der Waals surface area contributed by atoms with Gasteiger partial charge in [-0.15, -0.1) is 0 Å². The van der Waals surface area contributed by atoms with Gasteiger partial charge in [-0.25, -0.2) is 4.79 Å². The molecule has 0 spiro atoms. The van der Waals surface area contributed by atoms with Crippen molar-refractivity contribution in [3.05, 3.63) is 0 Å². The summed E-state index contributed by atoms with van der Waals surface area (Å²) in [6.07, 6.45) is 2.57. The number of hydrogen-bond donors (Lipinski definition) is 1. The van der Waals surface area contributed by atoms with Crippen LogP contribution in [0.2, 0.25) is 0 Å². The molecule has 2 unspecified atom stereocenters. The van der Waals surface area contributed by atoms with E-state index in [1.807, 2.05) is 20.8 Å². The lowest BCUT2D eigenvalue weighted by molar-refractivity contribution is -0.142. The molecule has 2 heterocycles. The second-order valence-electron chi connectivity index (χ2n) is 6.64. The molecule has 1 amide bonds. The summed E-state index contributed by atoms with van der Waals surface area (Å²) in [6.45, 7) is 7.84. The first-order valence-corrected chi connectivity index (χ1v) is 6.41. The highest BCUT2D eigenvalue weighted by atomic mass is 16.6. The number of carbonyl (C=O) groups excluding carboxylic acids is 1. The number of aliphatic hydroxyl groups is 1. The van der Waals surface area contributed by atoms with Crippen molar-refractivity contribution in [3.63, 3.8) is 0 Å². The zero-order chi connectivity index (χ0) is 12.8. The highest BCUT2D eigenvalue weighted by molar-refractivity contribution is 5.71. The molecule has 4 nitrogen and oxygen atoms in total. The maximum Gasteiger partial charge on any atom is 0.411 e. The zero-order valence-electron chi connectivity index (χ0n) is 11.2. The maximum atomic E-state index is 12.1. The molecule has 17 heavy (non-hydrogen) atoms. The highest BCUT2D eigenvalue weighted by Gasteiger charge is 2.58. The average molecular weight is 241 g/mol. The van der Waals surface area contributed by atoms with E-state index in [9.17, 15) is 9.90 Å². The summed E-state index contributed by atoms with van der Waals surface area (Å²) in [5.74, 6) is 0.583. The fourth-order valence-electron chi connectivity index (χ4n) is 3.33. The molecule has 0 radical (unpaired) electrons. The van der Waals surface area contributed by atoms with Gasteiger partial charge >= 0.3 is 6.09 Å². The summed E-state index contributed by atoms with van der Waals surface area (Å²) in [5, 5.41) is 9.57. The van der Waals surface area contributed by atoms with Crippen LogP contribution >= 0.6 is 0 Å². The molecule has 1 N–H and O–H groups in total. The van der Waals surface area contributed by atoms with Crippen LogP contribution in [0.3, 0.4) is 0 Å². The SMILES string of the molecule is CC1C[C@@H]2CC(CO)(C1)N2C(=O)OC(C)(C)C. The number of rotatable bonds is 1. The second kappa shape index (κ2) is 3.87. The average Bonchev–Trinajstić information content (AvgIpc) is 2.12. The van der Waals surface area contributed by atoms with Crippen molar-refractivity contribution in [3.8, 4) is 0 Å². The molecule has 3 atom stereocenters. The Labute approximate surface area is 103 Å². The van der Waals surface area contributed by atoms with E-state index < -0.39 is 5.60 Å². The third kappa shape index (κ3) is 2.15. The first-order valence-electron chi connectivity index (χ1n) is 6.41. The lowest BCUT2D eigenvalue weighted by Crippen LogP contribution is -2.73. The minimum atomic E-state index is -0.469. The largest absolute Gasteiger partial charge is 0.444 e. The molecule has 3 aliphatic rings. The normalized spacial score (nSPS) is 36.4. The summed E-state index contributed by atoms with van der Waals surface area (Å²) in [6, 6.07) is 0.265. The molecule has 2 bridgehead atoms. The number of nitrogens with zero attached hydrogens (tertiary/aromatic N) is 1. The van der Waals surface area contributed by atoms with Gasteiger partial charge in [0, 0.05) is 6.04 Å². The Morgan fingerprint density at radius 3 is 2.65 bits per heavy atom. The maximum absolute atomic E-state index is 12.1. The zero-order valence-corrected chi connectivity index (χ0v) is 11.2. The van der Waals surface area contributed by atoms with Gasteiger partial charge in [0.1, 0.15) is 5.60 Å². The number of amides is 1. The van der Waals surface area contributed by atoms with E-state index in [1.165, 1.54) is 0 Å². The number of carbonyl (C=O) groups is 1. The van der Waals surface area contributed by atoms with Crippen LogP contribution in [0.5, 0.6) is 0 Å². The number of ether oxygens (including phenoxy) is 1. The molecule has 0 aromatic heterocycles. The van der Waals surface area contributed by atoms with Gasteiger partial charge in [0.2, 0.25) is 0 Å². The van der Waals surface area contributed by atoms with Crippen LogP contribution in [0.4, 0.5) is 4.79 Å². The summed E-state index contributed by atoms with van der Waals surface area (Å²) in [7, 11) is 0. The molecule has 4 heteroatoms. The summed E-state index contributed by atoms with van der Waals surface area (Å²) >= 11 is 0. The van der Waals surface area contributed by atoms with Crippen LogP contribution in [0.25, 0.3) is 0 Å². The van der Waals surface area contributed by atoms with Crippen molar-refractivity contribution >= 4 is 6.09 Å². The molecule has 2 aliphatic heterocycles. The van der Waals surface area contributed by atoms with E-state index in [0.717, 1.165) is 19.3 Å². The minimum Gasteiger partial charge on any atom is -0.444 e. The van der Waals surface area contributed by atoms with Gasteiger partial charge in [-0.05, 0) is 46.0 Å². The Morgan fingerprint density at radius 1 is 1.47 bits per heavy atom. The van der Waals surface area contributed by atoms with E-state index in [0.29, 0.717) is 5.92 Å². The number of fused-ring (bicyclic) bond motifs is 2. The molecule has 98 valence electrons. The molecule has 3 fully saturated rings. The van der Waals surface area contributed by atoms with Crippen LogP contribution in [0.1, 0.15) is 47.0 Å². The van der Waals surface area contributed by atoms with Gasteiger partial charge in [0.25, 0.3) is 0 Å². The first-order chi connectivity index (χ1) is 7.77. The molecule has 2 saturated heterocycles. The Kier molecular flexibility index (Phi) is 2.89. The van der Waals surface area contributed by atoms with E-state index in [1.54, 1.807) is 4.90 Å². The van der Waals surface area contributed by atoms with Gasteiger partial charge in [-0.3, -0.25) is 4.90 Å². The van der Waals surface area contributed by atoms with Crippen molar-refractivity contribution in [2.75, 3.05) is 6.61 Å². The van der Waals surface area contributed by atoms with Crippen LogP contribution in [0, 0.1) is 5.92 Å². The lowest BCUT2D eigenvalue weighted by atomic mass is 9.65. The molecule has 3 rings (SSSR count). The van der Waals surface area contributed by atoms with Crippen molar-refractivity contribution < 1.29 is 14.6 Å². The Balaban J connectivity index is 2.09. The molecule has 1 saturated carbocycles. The smallest absolute Gasteiger partial charge is 0.411 e. The van der Waals surface area contributed by atoms with Gasteiger partial charge < -0.3 is 9.84 Å². The molecular weight excluding hydrogens is 218 g/mol. The van der Waals surface area contributed by atoms with E-state index >= 15 is 0 Å². The summed E-state index contributed by atoms with van der Waals surface area (Å²) in [4.78, 5) is 13.9. The minimum absolute atomic E-state index is 0.0487. The van der Waals surface area contributed by atoms with Crippen molar-refractivity contribution in [2.45, 2.75) is 64.1 Å². The number of aliphatic hydroxyl groups excluding tert-OH is 1. The molecular formula is C13H23NO3. The van der Waals surface area contributed by atoms with Gasteiger partial charge in [-0.1, -0.05) is 6.92 Å². The van der Waals surface area contributed by atoms with Gasteiger partial charge in [0.15, 0.2) is 0 Å². The van der Waals surface area contributed by atoms with Crippen LogP contribution < -0.4 is 0 Å². The fourth-order valence-corrected chi connectivity index (χ4v) is 3.33. The van der Waals surface area contributed by atoms with Crippen molar-refractivity contribution in [1.82, 2.24) is 4.90 Å². The highest BCUT2D eigenvalue weighted by Crippen LogP contribution is 2.49. The quantitative estimate of drug-likeness (QED) is 0.765. The fraction of sp³-hybridized carbons (Fsp3) is 0.923. The third-order valence-corrected chi connectivity index (χ3v) is 3.78. The predicted octanol–water partition coefficient (Wildman–Crippen LogP) is 2.16. The van der Waals surface area contributed by atoms with Gasteiger partial charge in [-0.2, -0.15) is 0 Å². The number of hydrogen-bond acceptors (Lipinski definition) is 3. The lowest BCUT2D eigenvalue weighted by Gasteiger charge is -2.62. The third-order valence-electron chi connectivity index (χ3n) is 3.78. The molecule has 0 aromatic rings. The topological polar surface area (TPSA) is 49.8 Å². The predicted molar refractivity (Wildman–Crippen MR) is 64.7 cm³/mol. The van der Waals surface area contributed by atoms with Gasteiger partial charge in [0.05, 0.1) is 12.1 Å². The van der Waals surface area contributed by atoms with Crippen LogP contribution in [0.15, 0.2) is 0 Å². The summed E-state index contributed by atoms with van der Waals surface area (Å²) in [5.41, 5.74) is -0.812. The molecule has 0 aromatic carbocycles. The Morgan fingerprint density at radius 2 is 2.12 bits per heavy atom. The van der Waals surface area contributed by atoms with E-state index in [2.05, 4.69) is 6.92 Å². The van der Waals surface area contributed by atoms with Crippen LogP contribution in [-0.2, 0) is 4.74 Å². The van der Waals surface area contributed by atoms with Crippen molar-refractivity contribution in [2.24, 2.45) is 5.92 Å². The molecule has 1 aliphatic carbocycles. The first kappa shape index (κ1) is 12.7. The Hall–Kier alpha value is -0.770. The number of piperidine rings is 1. The van der Waals surface area contributed by atoms with E-state index in [-0.39, 0.29) is 24.3 Å². The monoisotopic (exact) mass is 241 g/mol. The second-order valence-corrected chi connectivity index (χ2v) is 6.64. The van der Waals surface area contributed by atoms with Crippen molar-refractivity contribution in [1.29, 1.82) is 0 Å². The Bertz CT molecular complexity index is 323. The standard InChI is InChI=1S/C13H23NO3/c1-9-5-10-7-13(6-9,8-15)14(10)11(16)17-12(2,3)4/h9-10,15H,5-8H2,1-4H3/t9?,10-,13?/m1/s1. The summed E-state index contributed by atoms with van der Waals surface area (Å²) < 4.78 is 5.42. The van der Waals surface area contributed by atoms with Crippen LogP contribution in [-0.4, -0.2) is 39.9 Å².